The molecule has 1 heterocycles. The molecule has 198 valence electrons. The first kappa shape index (κ1) is 30.2. The van der Waals surface area contributed by atoms with E-state index in [-0.39, 0.29) is 18.6 Å². The molecule has 0 aliphatic heterocycles. The summed E-state index contributed by atoms with van der Waals surface area (Å²) in [6.45, 7) is 6.42. The molecule has 0 bridgehead atoms. The Morgan fingerprint density at radius 2 is 1.06 bits per heavy atom. The molecule has 0 spiro atoms. The fourth-order valence-corrected chi connectivity index (χ4v) is 2.87. The molecule has 3 unspecified atom stereocenters. The van der Waals surface area contributed by atoms with Crippen molar-refractivity contribution < 1.29 is 39.2 Å². The number of nitrogens with zero attached hydrogens (tertiary/aromatic N) is 3. The van der Waals surface area contributed by atoms with Crippen molar-refractivity contribution in [3.63, 3.8) is 0 Å². The molecule has 3 atom stereocenters. The van der Waals surface area contributed by atoms with E-state index in [2.05, 4.69) is 29.2 Å². The van der Waals surface area contributed by atoms with Crippen molar-refractivity contribution in [2.45, 2.75) is 50.8 Å². The number of carbonyl (C=O) groups excluding carboxylic acids is 3. The Kier molecular flexibility index (Phi) is 12.1. The molecular formula is C22H29N3O11. The van der Waals surface area contributed by atoms with E-state index in [0.29, 0.717) is 13.7 Å². The van der Waals surface area contributed by atoms with E-state index in [0.717, 1.165) is 18.2 Å². The molecule has 0 amide bonds. The van der Waals surface area contributed by atoms with Crippen LogP contribution in [0.1, 0.15) is 12.8 Å². The number of aromatic nitrogens is 3. The zero-order chi connectivity index (χ0) is 27.4. The van der Waals surface area contributed by atoms with Crippen LogP contribution in [0.4, 0.5) is 0 Å². The van der Waals surface area contributed by atoms with Crippen molar-refractivity contribution in [1.29, 1.82) is 0 Å². The number of hydrogen-bond donors (Lipinski definition) is 3. The minimum absolute atomic E-state index is 0.117. The van der Waals surface area contributed by atoms with Gasteiger partial charge in [0.2, 0.25) is 0 Å². The van der Waals surface area contributed by atoms with Gasteiger partial charge in [-0.3, -0.25) is 4.79 Å². The van der Waals surface area contributed by atoms with Crippen LogP contribution in [-0.4, -0.2) is 78.3 Å². The highest BCUT2D eigenvalue weighted by molar-refractivity contribution is 5.88. The number of rotatable bonds is 16. The van der Waals surface area contributed by atoms with Gasteiger partial charge < -0.3 is 24.8 Å². The second-order valence-corrected chi connectivity index (χ2v) is 7.52. The van der Waals surface area contributed by atoms with E-state index in [1.807, 2.05) is 0 Å². The summed E-state index contributed by atoms with van der Waals surface area (Å²) in [5.41, 5.74) is -3.62. The molecule has 36 heavy (non-hydrogen) atoms. The van der Waals surface area contributed by atoms with Crippen LogP contribution in [-0.2, 0) is 43.5 Å². The fourth-order valence-electron chi connectivity index (χ4n) is 2.87. The fraction of sp³-hybridized carbons (Fsp3) is 0.455. The van der Waals surface area contributed by atoms with Crippen LogP contribution >= 0.6 is 0 Å². The molecule has 1 rings (SSSR count). The van der Waals surface area contributed by atoms with Gasteiger partial charge in [0.05, 0.1) is 25.7 Å². The number of allylic oxidation sites excluding steroid dienone is 1. The number of aliphatic hydroxyl groups excluding tert-OH is 3. The maximum Gasteiger partial charge on any atom is 0.336 e. The summed E-state index contributed by atoms with van der Waals surface area (Å²) < 4.78 is 10.8. The summed E-state index contributed by atoms with van der Waals surface area (Å²) in [5, 5.41) is 30.5. The normalized spacial score (nSPS) is 13.2. The smallest absolute Gasteiger partial charge is 0.336 e. The van der Waals surface area contributed by atoms with E-state index in [4.69, 9.17) is 0 Å². The lowest BCUT2D eigenvalue weighted by Crippen LogP contribution is -2.57. The van der Waals surface area contributed by atoms with Gasteiger partial charge in [0.25, 0.3) is 0 Å². The van der Waals surface area contributed by atoms with Gasteiger partial charge in [0, 0.05) is 18.6 Å². The van der Waals surface area contributed by atoms with Crippen LogP contribution in [0.25, 0.3) is 0 Å². The van der Waals surface area contributed by atoms with Gasteiger partial charge >= 0.3 is 29.0 Å². The van der Waals surface area contributed by atoms with Gasteiger partial charge in [-0.2, -0.15) is 0 Å². The summed E-state index contributed by atoms with van der Waals surface area (Å²) in [5.74, 6) is -2.10. The third-order valence-corrected chi connectivity index (χ3v) is 4.69. The maximum atomic E-state index is 12.9. The number of hydrogen-bond acceptors (Lipinski definition) is 11. The standard InChI is InChI=1S/C22H29N3O11/c1-4-14(26)7-8-15(27)9-23-20(32)24(10-16(28)12-35-18(30)5-2)22(34)25(21(23)33)11-17(29)13-36-19(31)6-3/h4-6,15-17,27-29H,1-3,7-13H2. The molecule has 14 heteroatoms. The molecule has 0 saturated heterocycles. The quantitative estimate of drug-likeness (QED) is 0.154. The molecule has 1 aromatic rings. The molecule has 1 aromatic heterocycles. The lowest BCUT2D eigenvalue weighted by molar-refractivity contribution is -0.141. The van der Waals surface area contributed by atoms with Crippen LogP contribution in [0.15, 0.2) is 52.3 Å². The molecule has 0 fully saturated rings. The Hall–Kier alpha value is -3.88. The first-order valence-electron chi connectivity index (χ1n) is 10.7. The van der Waals surface area contributed by atoms with Crippen LogP contribution in [0.2, 0.25) is 0 Å². The first-order valence-corrected chi connectivity index (χ1v) is 10.7. The Morgan fingerprint density at radius 3 is 1.39 bits per heavy atom. The van der Waals surface area contributed by atoms with Crippen molar-refractivity contribution >= 4 is 17.7 Å². The van der Waals surface area contributed by atoms with Crippen molar-refractivity contribution in [3.05, 3.63) is 69.4 Å². The van der Waals surface area contributed by atoms with Gasteiger partial charge in [0.15, 0.2) is 5.78 Å². The summed E-state index contributed by atoms with van der Waals surface area (Å²) in [6, 6.07) is 0. The van der Waals surface area contributed by atoms with Crippen LogP contribution in [0.5, 0.6) is 0 Å². The molecule has 14 nitrogen and oxygen atoms in total. The lowest BCUT2D eigenvalue weighted by atomic mass is 10.1. The summed E-state index contributed by atoms with van der Waals surface area (Å²) in [4.78, 5) is 72.5. The van der Waals surface area contributed by atoms with Gasteiger partial charge in [-0.25, -0.2) is 37.7 Å². The van der Waals surface area contributed by atoms with Crippen molar-refractivity contribution in [1.82, 2.24) is 13.7 Å². The summed E-state index contributed by atoms with van der Waals surface area (Å²) in [7, 11) is 0. The topological polar surface area (TPSA) is 196 Å². The average Bonchev–Trinajstić information content (AvgIpc) is 2.86. The Labute approximate surface area is 204 Å². The minimum atomic E-state index is -1.55. The summed E-state index contributed by atoms with van der Waals surface area (Å²) >= 11 is 0. The van der Waals surface area contributed by atoms with E-state index in [1.54, 1.807) is 0 Å². The number of ether oxygens (including phenoxy) is 2. The van der Waals surface area contributed by atoms with Crippen molar-refractivity contribution in [2.75, 3.05) is 13.2 Å². The molecule has 3 N–H and O–H groups in total. The Balaban J connectivity index is 3.36. The van der Waals surface area contributed by atoms with Gasteiger partial charge in [-0.05, 0) is 12.5 Å². The van der Waals surface area contributed by atoms with E-state index >= 15 is 0 Å². The molecule has 0 aliphatic rings. The lowest BCUT2D eigenvalue weighted by Gasteiger charge is -2.19. The van der Waals surface area contributed by atoms with Gasteiger partial charge in [0.1, 0.15) is 25.4 Å². The molecular weight excluding hydrogens is 482 g/mol. The predicted molar refractivity (Wildman–Crippen MR) is 124 cm³/mol. The third-order valence-electron chi connectivity index (χ3n) is 4.69. The number of ketones is 1. The van der Waals surface area contributed by atoms with Crippen molar-refractivity contribution in [2.24, 2.45) is 0 Å². The van der Waals surface area contributed by atoms with Crippen molar-refractivity contribution in [3.8, 4) is 0 Å². The molecule has 0 radical (unpaired) electrons. The number of esters is 2. The van der Waals surface area contributed by atoms with E-state index in [9.17, 15) is 44.1 Å². The number of aliphatic hydroxyl groups is 3. The average molecular weight is 511 g/mol. The van der Waals surface area contributed by atoms with Gasteiger partial charge in [-0.15, -0.1) is 0 Å². The minimum Gasteiger partial charge on any atom is -0.460 e. The zero-order valence-electron chi connectivity index (χ0n) is 19.5. The second kappa shape index (κ2) is 14.5. The van der Waals surface area contributed by atoms with Gasteiger partial charge in [-0.1, -0.05) is 19.7 Å². The second-order valence-electron chi connectivity index (χ2n) is 7.52. The highest BCUT2D eigenvalue weighted by atomic mass is 16.5. The first-order chi connectivity index (χ1) is 16.9. The molecule has 0 aliphatic carbocycles. The monoisotopic (exact) mass is 511 g/mol. The van der Waals surface area contributed by atoms with Crippen LogP contribution < -0.4 is 17.1 Å². The zero-order valence-corrected chi connectivity index (χ0v) is 19.5. The Bertz CT molecular complexity index is 988. The van der Waals surface area contributed by atoms with Crippen LogP contribution in [0.3, 0.4) is 0 Å². The van der Waals surface area contributed by atoms with Crippen LogP contribution in [0, 0.1) is 0 Å². The largest absolute Gasteiger partial charge is 0.460 e. The highest BCUT2D eigenvalue weighted by Gasteiger charge is 2.22. The van der Waals surface area contributed by atoms with E-state index in [1.165, 1.54) is 0 Å². The molecule has 0 aromatic carbocycles. The van der Waals surface area contributed by atoms with E-state index < -0.39 is 80.2 Å². The third kappa shape index (κ3) is 9.05. The predicted octanol–water partition coefficient (Wildman–Crippen LogP) is -2.75. The highest BCUT2D eigenvalue weighted by Crippen LogP contribution is 2.00. The SMILES string of the molecule is C=CC(=O)CCC(O)Cn1c(=O)n(CC(O)COC(=O)C=C)c(=O)n(CC(O)COC(=O)C=C)c1=O. The molecule has 0 saturated carbocycles. The summed E-state index contributed by atoms with van der Waals surface area (Å²) in [6.07, 6.45) is -1.97. The maximum absolute atomic E-state index is 12.9. The number of carbonyl (C=O) groups is 3. The Morgan fingerprint density at radius 1 is 0.694 bits per heavy atom.